The van der Waals surface area contributed by atoms with Gasteiger partial charge in [-0.25, -0.2) is 5.48 Å². The second-order valence-corrected chi connectivity index (χ2v) is 4.34. The minimum atomic E-state index is -4.37. The van der Waals surface area contributed by atoms with Crippen LogP contribution in [-0.2, 0) is 15.8 Å². The molecular formula is C12H13F3N2O2. The Morgan fingerprint density at radius 3 is 2.47 bits per heavy atom. The van der Waals surface area contributed by atoms with Gasteiger partial charge in [0.1, 0.15) is 0 Å². The Morgan fingerprint density at radius 1 is 1.37 bits per heavy atom. The largest absolute Gasteiger partial charge is 0.416 e. The number of benzene rings is 1. The van der Waals surface area contributed by atoms with Crippen molar-refractivity contribution >= 4 is 11.6 Å². The van der Waals surface area contributed by atoms with Crippen LogP contribution in [0.25, 0.3) is 0 Å². The summed E-state index contributed by atoms with van der Waals surface area (Å²) in [6.45, 7) is 2.13. The average Bonchev–Trinajstić information content (AvgIpc) is 2.75. The molecule has 2 unspecified atom stereocenters. The Labute approximate surface area is 107 Å². The molecule has 0 bridgehead atoms. The van der Waals surface area contributed by atoms with Crippen LogP contribution in [0.1, 0.15) is 12.5 Å². The first-order chi connectivity index (χ1) is 8.88. The molecule has 1 aromatic carbocycles. The van der Waals surface area contributed by atoms with Crippen LogP contribution in [0.4, 0.5) is 18.9 Å². The third-order valence-corrected chi connectivity index (χ3v) is 2.96. The highest BCUT2D eigenvalue weighted by Crippen LogP contribution is 2.30. The molecule has 2 N–H and O–H groups in total. The van der Waals surface area contributed by atoms with Gasteiger partial charge in [0.2, 0.25) is 5.91 Å². The van der Waals surface area contributed by atoms with Gasteiger partial charge in [0.05, 0.1) is 17.6 Å². The minimum absolute atomic E-state index is 0.269. The fourth-order valence-electron chi connectivity index (χ4n) is 1.80. The van der Waals surface area contributed by atoms with Crippen molar-refractivity contribution in [2.45, 2.75) is 19.2 Å². The molecular weight excluding hydrogens is 261 g/mol. The van der Waals surface area contributed by atoms with E-state index in [1.54, 1.807) is 6.92 Å². The molecule has 2 atom stereocenters. The SMILES string of the molecule is CC1ONCC1C(=O)Nc1ccc(C(F)(F)F)cc1. The first-order valence-corrected chi connectivity index (χ1v) is 5.74. The molecule has 104 valence electrons. The van der Waals surface area contributed by atoms with Crippen molar-refractivity contribution in [2.24, 2.45) is 5.92 Å². The number of hydrogen-bond acceptors (Lipinski definition) is 3. The molecule has 1 aromatic rings. The van der Waals surface area contributed by atoms with Crippen LogP contribution in [0, 0.1) is 5.92 Å². The minimum Gasteiger partial charge on any atom is -0.326 e. The summed E-state index contributed by atoms with van der Waals surface area (Å²) in [6.07, 6.45) is -4.64. The molecule has 0 aliphatic carbocycles. The van der Waals surface area contributed by atoms with Gasteiger partial charge < -0.3 is 5.32 Å². The van der Waals surface area contributed by atoms with E-state index < -0.39 is 11.7 Å². The fourth-order valence-corrected chi connectivity index (χ4v) is 1.80. The molecule has 2 rings (SSSR count). The van der Waals surface area contributed by atoms with Crippen molar-refractivity contribution in [3.63, 3.8) is 0 Å². The quantitative estimate of drug-likeness (QED) is 0.869. The van der Waals surface area contributed by atoms with Gasteiger partial charge in [-0.05, 0) is 31.2 Å². The summed E-state index contributed by atoms with van der Waals surface area (Å²) in [5, 5.41) is 2.57. The Bertz CT molecular complexity index is 459. The van der Waals surface area contributed by atoms with Gasteiger partial charge in [0, 0.05) is 12.2 Å². The topological polar surface area (TPSA) is 50.4 Å². The highest BCUT2D eigenvalue weighted by Gasteiger charge is 2.32. The molecule has 0 aromatic heterocycles. The lowest BCUT2D eigenvalue weighted by Crippen LogP contribution is -2.30. The van der Waals surface area contributed by atoms with Crippen molar-refractivity contribution in [1.82, 2.24) is 5.48 Å². The van der Waals surface area contributed by atoms with E-state index in [2.05, 4.69) is 10.8 Å². The number of rotatable bonds is 2. The normalized spacial score (nSPS) is 23.4. The molecule has 0 saturated carbocycles. The maximum atomic E-state index is 12.4. The zero-order valence-corrected chi connectivity index (χ0v) is 10.1. The maximum Gasteiger partial charge on any atom is 0.416 e. The number of halogens is 3. The van der Waals surface area contributed by atoms with Gasteiger partial charge in [0.15, 0.2) is 0 Å². The van der Waals surface area contributed by atoms with E-state index in [0.29, 0.717) is 12.2 Å². The van der Waals surface area contributed by atoms with E-state index in [1.165, 1.54) is 12.1 Å². The molecule has 1 heterocycles. The molecule has 19 heavy (non-hydrogen) atoms. The van der Waals surface area contributed by atoms with E-state index in [4.69, 9.17) is 4.84 Å². The Kier molecular flexibility index (Phi) is 3.77. The van der Waals surface area contributed by atoms with Gasteiger partial charge in [-0.3, -0.25) is 9.63 Å². The molecule has 7 heteroatoms. The van der Waals surface area contributed by atoms with E-state index in [-0.39, 0.29) is 17.9 Å². The number of hydroxylamine groups is 1. The van der Waals surface area contributed by atoms with Crippen LogP contribution in [0.5, 0.6) is 0 Å². The first kappa shape index (κ1) is 13.8. The Morgan fingerprint density at radius 2 is 2.00 bits per heavy atom. The zero-order valence-electron chi connectivity index (χ0n) is 10.1. The second kappa shape index (κ2) is 5.18. The summed E-state index contributed by atoms with van der Waals surface area (Å²) in [4.78, 5) is 16.9. The summed E-state index contributed by atoms with van der Waals surface area (Å²) in [5.74, 6) is -0.639. The number of amides is 1. The number of hydrogen-bond donors (Lipinski definition) is 2. The lowest BCUT2D eigenvalue weighted by molar-refractivity contribution is -0.137. The molecule has 1 amide bonds. The van der Waals surface area contributed by atoms with Crippen molar-refractivity contribution in [2.75, 3.05) is 11.9 Å². The molecule has 4 nitrogen and oxygen atoms in total. The summed E-state index contributed by atoms with van der Waals surface area (Å²) in [6, 6.07) is 4.33. The summed E-state index contributed by atoms with van der Waals surface area (Å²) < 4.78 is 37.1. The molecule has 1 aliphatic heterocycles. The van der Waals surface area contributed by atoms with Crippen LogP contribution >= 0.6 is 0 Å². The van der Waals surface area contributed by atoms with E-state index in [9.17, 15) is 18.0 Å². The van der Waals surface area contributed by atoms with Crippen molar-refractivity contribution in [1.29, 1.82) is 0 Å². The van der Waals surface area contributed by atoms with Gasteiger partial charge in [-0.1, -0.05) is 0 Å². The van der Waals surface area contributed by atoms with Gasteiger partial charge >= 0.3 is 6.18 Å². The summed E-state index contributed by atoms with van der Waals surface area (Å²) in [5.41, 5.74) is 2.19. The standard InChI is InChI=1S/C12H13F3N2O2/c1-7-10(6-16-19-7)11(18)17-9-4-2-8(3-5-9)12(13,14)15/h2-5,7,10,16H,6H2,1H3,(H,17,18). The molecule has 1 saturated heterocycles. The number of carbonyl (C=O) groups is 1. The van der Waals surface area contributed by atoms with Crippen LogP contribution in [0.2, 0.25) is 0 Å². The highest BCUT2D eigenvalue weighted by molar-refractivity contribution is 5.93. The van der Waals surface area contributed by atoms with Gasteiger partial charge in [-0.15, -0.1) is 0 Å². The average molecular weight is 274 g/mol. The number of alkyl halides is 3. The smallest absolute Gasteiger partial charge is 0.326 e. The number of nitrogens with one attached hydrogen (secondary N) is 2. The van der Waals surface area contributed by atoms with Gasteiger partial charge in [-0.2, -0.15) is 13.2 Å². The van der Waals surface area contributed by atoms with E-state index in [1.807, 2.05) is 0 Å². The van der Waals surface area contributed by atoms with E-state index in [0.717, 1.165) is 12.1 Å². The highest BCUT2D eigenvalue weighted by atomic mass is 19.4. The fraction of sp³-hybridized carbons (Fsp3) is 0.417. The monoisotopic (exact) mass is 274 g/mol. The van der Waals surface area contributed by atoms with Crippen LogP contribution in [0.3, 0.4) is 0 Å². The molecule has 0 radical (unpaired) electrons. The van der Waals surface area contributed by atoms with Crippen LogP contribution < -0.4 is 10.8 Å². The lowest BCUT2D eigenvalue weighted by Gasteiger charge is -2.13. The second-order valence-electron chi connectivity index (χ2n) is 4.34. The van der Waals surface area contributed by atoms with Crippen molar-refractivity contribution < 1.29 is 22.8 Å². The lowest BCUT2D eigenvalue weighted by atomic mass is 10.0. The summed E-state index contributed by atoms with van der Waals surface area (Å²) >= 11 is 0. The first-order valence-electron chi connectivity index (χ1n) is 5.74. The van der Waals surface area contributed by atoms with Crippen molar-refractivity contribution in [3.05, 3.63) is 29.8 Å². The predicted octanol–water partition coefficient (Wildman–Crippen LogP) is 2.18. The van der Waals surface area contributed by atoms with Crippen molar-refractivity contribution in [3.8, 4) is 0 Å². The number of anilines is 1. The molecule has 0 spiro atoms. The third kappa shape index (κ3) is 3.24. The third-order valence-electron chi connectivity index (χ3n) is 2.96. The van der Waals surface area contributed by atoms with Gasteiger partial charge in [0.25, 0.3) is 0 Å². The number of carbonyl (C=O) groups excluding carboxylic acids is 1. The Hall–Kier alpha value is -1.60. The maximum absolute atomic E-state index is 12.4. The summed E-state index contributed by atoms with van der Waals surface area (Å²) in [7, 11) is 0. The molecule has 1 fully saturated rings. The molecule has 1 aliphatic rings. The van der Waals surface area contributed by atoms with E-state index >= 15 is 0 Å². The zero-order chi connectivity index (χ0) is 14.0. The van der Waals surface area contributed by atoms with Crippen LogP contribution in [0.15, 0.2) is 24.3 Å². The predicted molar refractivity (Wildman–Crippen MR) is 62.1 cm³/mol. The Balaban J connectivity index is 2.02. The van der Waals surface area contributed by atoms with Crippen LogP contribution in [-0.4, -0.2) is 18.6 Å².